The molecule has 0 saturated carbocycles. The summed E-state index contributed by atoms with van der Waals surface area (Å²) in [6, 6.07) is 10.3. The number of halogens is 2. The van der Waals surface area contributed by atoms with Gasteiger partial charge in [-0.1, -0.05) is 11.6 Å². The van der Waals surface area contributed by atoms with E-state index in [0.717, 1.165) is 6.07 Å². The maximum atomic E-state index is 13.5. The highest BCUT2D eigenvalue weighted by Gasteiger charge is 2.08. The largest absolute Gasteiger partial charge is 0.484 e. The van der Waals surface area contributed by atoms with Gasteiger partial charge in [0, 0.05) is 10.6 Å². The topological polar surface area (TPSA) is 55.4 Å². The number of amides is 1. The maximum absolute atomic E-state index is 13.5. The summed E-state index contributed by atoms with van der Waals surface area (Å²) in [7, 11) is 0. The standard InChI is InChI=1S/C16H13ClFNO3/c1-10(20)11-2-5-13(6-3-11)22-9-16(21)19-15-7-4-12(17)8-14(15)18/h2-8H,9H2,1H3,(H,19,21). The van der Waals surface area contributed by atoms with Crippen molar-refractivity contribution in [2.45, 2.75) is 6.92 Å². The van der Waals surface area contributed by atoms with E-state index < -0.39 is 11.7 Å². The Bertz CT molecular complexity index is 701. The first-order valence-electron chi connectivity index (χ1n) is 6.44. The predicted octanol–water partition coefficient (Wildman–Crippen LogP) is 3.70. The van der Waals surface area contributed by atoms with Crippen LogP contribution < -0.4 is 10.1 Å². The van der Waals surface area contributed by atoms with E-state index >= 15 is 0 Å². The van der Waals surface area contributed by atoms with E-state index in [4.69, 9.17) is 16.3 Å². The predicted molar refractivity (Wildman–Crippen MR) is 82.0 cm³/mol. The molecule has 1 amide bonds. The zero-order chi connectivity index (χ0) is 16.1. The van der Waals surface area contributed by atoms with Crippen LogP contribution in [0, 0.1) is 5.82 Å². The van der Waals surface area contributed by atoms with Crippen LogP contribution in [0.2, 0.25) is 5.02 Å². The lowest BCUT2D eigenvalue weighted by atomic mass is 10.1. The van der Waals surface area contributed by atoms with Crippen molar-refractivity contribution < 1.29 is 18.7 Å². The average Bonchev–Trinajstić information content (AvgIpc) is 2.48. The summed E-state index contributed by atoms with van der Waals surface area (Å²) in [6.45, 7) is 1.19. The summed E-state index contributed by atoms with van der Waals surface area (Å²) in [4.78, 5) is 22.8. The average molecular weight is 322 g/mol. The summed E-state index contributed by atoms with van der Waals surface area (Å²) in [6.07, 6.45) is 0. The number of nitrogens with one attached hydrogen (secondary N) is 1. The van der Waals surface area contributed by atoms with Crippen molar-refractivity contribution in [1.29, 1.82) is 0 Å². The fourth-order valence-electron chi connectivity index (χ4n) is 1.71. The third-order valence-electron chi connectivity index (χ3n) is 2.84. The van der Waals surface area contributed by atoms with E-state index in [9.17, 15) is 14.0 Å². The van der Waals surface area contributed by atoms with E-state index in [1.165, 1.54) is 19.1 Å². The first-order valence-corrected chi connectivity index (χ1v) is 6.82. The van der Waals surface area contributed by atoms with Crippen molar-refractivity contribution in [3.8, 4) is 5.75 Å². The Hall–Kier alpha value is -2.40. The minimum atomic E-state index is -0.619. The van der Waals surface area contributed by atoms with Gasteiger partial charge in [-0.2, -0.15) is 0 Å². The van der Waals surface area contributed by atoms with Crippen LogP contribution in [0.5, 0.6) is 5.75 Å². The number of rotatable bonds is 5. The molecule has 22 heavy (non-hydrogen) atoms. The molecule has 2 aromatic rings. The fourth-order valence-corrected chi connectivity index (χ4v) is 1.87. The van der Waals surface area contributed by atoms with Crippen LogP contribution in [0.15, 0.2) is 42.5 Å². The molecule has 114 valence electrons. The zero-order valence-electron chi connectivity index (χ0n) is 11.7. The number of Topliss-reactive ketones (excluding diaryl/α,β-unsaturated/α-hetero) is 1. The number of hydrogen-bond donors (Lipinski definition) is 1. The lowest BCUT2D eigenvalue weighted by Crippen LogP contribution is -2.20. The van der Waals surface area contributed by atoms with Crippen LogP contribution in [0.25, 0.3) is 0 Å². The van der Waals surface area contributed by atoms with Crippen LogP contribution >= 0.6 is 11.6 Å². The van der Waals surface area contributed by atoms with E-state index in [-0.39, 0.29) is 23.1 Å². The van der Waals surface area contributed by atoms with Gasteiger partial charge >= 0.3 is 0 Å². The quantitative estimate of drug-likeness (QED) is 0.854. The van der Waals surface area contributed by atoms with Gasteiger partial charge in [-0.05, 0) is 49.4 Å². The van der Waals surface area contributed by atoms with Crippen LogP contribution in [0.1, 0.15) is 17.3 Å². The van der Waals surface area contributed by atoms with Crippen LogP contribution in [-0.2, 0) is 4.79 Å². The molecule has 0 unspecified atom stereocenters. The number of hydrogen-bond acceptors (Lipinski definition) is 3. The molecule has 0 fully saturated rings. The Morgan fingerprint density at radius 2 is 1.86 bits per heavy atom. The second kappa shape index (κ2) is 7.04. The molecule has 2 rings (SSSR count). The van der Waals surface area contributed by atoms with Crippen molar-refractivity contribution in [3.63, 3.8) is 0 Å². The molecule has 0 aromatic heterocycles. The molecule has 0 aliphatic heterocycles. The normalized spacial score (nSPS) is 10.1. The summed E-state index contributed by atoms with van der Waals surface area (Å²) >= 11 is 5.63. The molecule has 0 atom stereocenters. The second-order valence-electron chi connectivity index (χ2n) is 4.54. The van der Waals surface area contributed by atoms with Gasteiger partial charge in [0.2, 0.25) is 0 Å². The van der Waals surface area contributed by atoms with Crippen molar-refractivity contribution in [1.82, 2.24) is 0 Å². The smallest absolute Gasteiger partial charge is 0.262 e. The molecule has 0 spiro atoms. The zero-order valence-corrected chi connectivity index (χ0v) is 12.5. The molecular formula is C16H13ClFNO3. The monoisotopic (exact) mass is 321 g/mol. The lowest BCUT2D eigenvalue weighted by Gasteiger charge is -2.08. The van der Waals surface area contributed by atoms with Gasteiger partial charge in [-0.15, -0.1) is 0 Å². The lowest BCUT2D eigenvalue weighted by molar-refractivity contribution is -0.118. The Balaban J connectivity index is 1.91. The van der Waals surface area contributed by atoms with Gasteiger partial charge in [0.15, 0.2) is 12.4 Å². The molecule has 0 heterocycles. The summed E-state index contributed by atoms with van der Waals surface area (Å²) < 4.78 is 18.8. The van der Waals surface area contributed by atoms with Crippen LogP contribution in [-0.4, -0.2) is 18.3 Å². The third-order valence-corrected chi connectivity index (χ3v) is 3.07. The van der Waals surface area contributed by atoms with Crippen molar-refractivity contribution in [3.05, 3.63) is 58.9 Å². The molecule has 0 aliphatic rings. The van der Waals surface area contributed by atoms with E-state index in [1.807, 2.05) is 0 Å². The number of carbonyl (C=O) groups excluding carboxylic acids is 2. The molecule has 4 nitrogen and oxygen atoms in total. The summed E-state index contributed by atoms with van der Waals surface area (Å²) in [5, 5.41) is 2.63. The molecule has 1 N–H and O–H groups in total. The highest BCUT2D eigenvalue weighted by Crippen LogP contribution is 2.19. The molecular weight excluding hydrogens is 309 g/mol. The maximum Gasteiger partial charge on any atom is 0.262 e. The Morgan fingerprint density at radius 1 is 1.18 bits per heavy atom. The Morgan fingerprint density at radius 3 is 2.45 bits per heavy atom. The molecule has 2 aromatic carbocycles. The highest BCUT2D eigenvalue weighted by molar-refractivity contribution is 6.30. The van der Waals surface area contributed by atoms with E-state index in [1.54, 1.807) is 24.3 Å². The summed E-state index contributed by atoms with van der Waals surface area (Å²) in [5.74, 6) is -0.734. The van der Waals surface area contributed by atoms with Gasteiger partial charge in [-0.3, -0.25) is 9.59 Å². The number of ketones is 1. The number of ether oxygens (including phenoxy) is 1. The Labute approximate surface area is 131 Å². The minimum absolute atomic E-state index is 0.0323. The Kier molecular flexibility index (Phi) is 5.12. The number of benzene rings is 2. The highest BCUT2D eigenvalue weighted by atomic mass is 35.5. The van der Waals surface area contributed by atoms with Crippen molar-refractivity contribution >= 4 is 29.0 Å². The fraction of sp³-hybridized carbons (Fsp3) is 0.125. The second-order valence-corrected chi connectivity index (χ2v) is 4.98. The molecule has 0 bridgehead atoms. The van der Waals surface area contributed by atoms with Gasteiger partial charge in [0.1, 0.15) is 11.6 Å². The van der Waals surface area contributed by atoms with Crippen LogP contribution in [0.3, 0.4) is 0 Å². The van der Waals surface area contributed by atoms with Gasteiger partial charge in [0.25, 0.3) is 5.91 Å². The SMILES string of the molecule is CC(=O)c1ccc(OCC(=O)Nc2ccc(Cl)cc2F)cc1. The number of carbonyl (C=O) groups is 2. The molecule has 0 radical (unpaired) electrons. The molecule has 6 heteroatoms. The van der Waals surface area contributed by atoms with Crippen molar-refractivity contribution in [2.24, 2.45) is 0 Å². The van der Waals surface area contributed by atoms with Crippen LogP contribution in [0.4, 0.5) is 10.1 Å². The van der Waals surface area contributed by atoms with Crippen molar-refractivity contribution in [2.75, 3.05) is 11.9 Å². The first kappa shape index (κ1) is 16.0. The van der Waals surface area contributed by atoms with E-state index in [0.29, 0.717) is 11.3 Å². The van der Waals surface area contributed by atoms with Gasteiger partial charge in [-0.25, -0.2) is 4.39 Å². The van der Waals surface area contributed by atoms with Gasteiger partial charge < -0.3 is 10.1 Å². The third kappa shape index (κ3) is 4.30. The number of anilines is 1. The molecule has 0 saturated heterocycles. The molecule has 0 aliphatic carbocycles. The summed E-state index contributed by atoms with van der Waals surface area (Å²) in [5.41, 5.74) is 0.588. The minimum Gasteiger partial charge on any atom is -0.484 e. The van der Waals surface area contributed by atoms with E-state index in [2.05, 4.69) is 5.32 Å². The van der Waals surface area contributed by atoms with Gasteiger partial charge in [0.05, 0.1) is 5.69 Å². The first-order chi connectivity index (χ1) is 10.5.